The van der Waals surface area contributed by atoms with Gasteiger partial charge in [0.15, 0.2) is 0 Å². The fourth-order valence-electron chi connectivity index (χ4n) is 1.93. The molecule has 78 valence electrons. The first-order valence-electron chi connectivity index (χ1n) is 5.29. The molecule has 0 rings (SSSR count). The molecule has 0 aromatic rings. The summed E-state index contributed by atoms with van der Waals surface area (Å²) in [4.78, 5) is 13.7. The van der Waals surface area contributed by atoms with E-state index in [4.69, 9.17) is 0 Å². The highest BCUT2D eigenvalue weighted by Gasteiger charge is 2.23. The summed E-state index contributed by atoms with van der Waals surface area (Å²) >= 11 is 0. The Morgan fingerprint density at radius 1 is 1.31 bits per heavy atom. The van der Waals surface area contributed by atoms with E-state index in [-0.39, 0.29) is 6.04 Å². The van der Waals surface area contributed by atoms with Gasteiger partial charge in [-0.1, -0.05) is 27.7 Å². The van der Waals surface area contributed by atoms with E-state index in [2.05, 4.69) is 32.6 Å². The van der Waals surface area contributed by atoms with E-state index in [1.54, 1.807) is 6.92 Å². The highest BCUT2D eigenvalue weighted by Crippen LogP contribution is 2.12. The van der Waals surface area contributed by atoms with E-state index in [1.807, 2.05) is 0 Å². The molecule has 0 aliphatic rings. The molecule has 0 N–H and O–H groups in total. The first-order chi connectivity index (χ1) is 6.04. The maximum absolute atomic E-state index is 11.4. The highest BCUT2D eigenvalue weighted by atomic mass is 16.1. The van der Waals surface area contributed by atoms with Gasteiger partial charge in [-0.25, -0.2) is 0 Å². The molecule has 0 unspecified atom stereocenters. The van der Waals surface area contributed by atoms with Crippen LogP contribution in [0.5, 0.6) is 0 Å². The first kappa shape index (κ1) is 12.6. The van der Waals surface area contributed by atoms with Crippen LogP contribution in [0.2, 0.25) is 0 Å². The van der Waals surface area contributed by atoms with Crippen LogP contribution in [-0.4, -0.2) is 29.8 Å². The van der Waals surface area contributed by atoms with Gasteiger partial charge in [0.1, 0.15) is 5.78 Å². The van der Waals surface area contributed by atoms with Crippen LogP contribution in [0.3, 0.4) is 0 Å². The monoisotopic (exact) mass is 185 g/mol. The third-order valence-corrected chi connectivity index (χ3v) is 2.36. The Bertz CT molecular complexity index is 154. The van der Waals surface area contributed by atoms with Gasteiger partial charge in [-0.15, -0.1) is 0 Å². The molecular formula is C11H23NO. The number of carbonyl (C=O) groups is 1. The molecule has 2 nitrogen and oxygen atoms in total. The number of ketones is 1. The smallest absolute Gasteiger partial charge is 0.147 e. The lowest BCUT2D eigenvalue weighted by atomic mass is 9.98. The van der Waals surface area contributed by atoms with E-state index in [0.29, 0.717) is 11.7 Å². The SMILES string of the molecule is CCCN(CC)[C@@H](C(C)=O)C(C)C. The number of Topliss-reactive ketones (excluding diaryl/α,β-unsaturated/α-hetero) is 1. The lowest BCUT2D eigenvalue weighted by Gasteiger charge is -2.31. The molecule has 1 atom stereocenters. The van der Waals surface area contributed by atoms with Crippen molar-refractivity contribution in [2.24, 2.45) is 5.92 Å². The maximum Gasteiger partial charge on any atom is 0.147 e. The number of carbonyl (C=O) groups excluding carboxylic acids is 1. The molecule has 0 bridgehead atoms. The second kappa shape index (κ2) is 6.14. The second-order valence-corrected chi connectivity index (χ2v) is 3.93. The van der Waals surface area contributed by atoms with Crippen molar-refractivity contribution in [2.75, 3.05) is 13.1 Å². The molecule has 0 fully saturated rings. The van der Waals surface area contributed by atoms with Gasteiger partial charge in [-0.3, -0.25) is 9.69 Å². The summed E-state index contributed by atoms with van der Waals surface area (Å²) in [5.74, 6) is 0.717. The molecule has 13 heavy (non-hydrogen) atoms. The number of rotatable bonds is 6. The van der Waals surface area contributed by atoms with Crippen molar-refractivity contribution < 1.29 is 4.79 Å². The minimum atomic E-state index is 0.116. The summed E-state index contributed by atoms with van der Waals surface area (Å²) in [7, 11) is 0. The first-order valence-corrected chi connectivity index (χ1v) is 5.29. The van der Waals surface area contributed by atoms with Crippen LogP contribution in [0, 0.1) is 5.92 Å². The van der Waals surface area contributed by atoms with E-state index in [9.17, 15) is 4.79 Å². The normalized spacial score (nSPS) is 13.8. The summed E-state index contributed by atoms with van der Waals surface area (Å²) in [6.07, 6.45) is 1.12. The van der Waals surface area contributed by atoms with Gasteiger partial charge in [0.2, 0.25) is 0 Å². The van der Waals surface area contributed by atoms with E-state index >= 15 is 0 Å². The molecule has 0 radical (unpaired) electrons. The van der Waals surface area contributed by atoms with Gasteiger partial charge < -0.3 is 0 Å². The molecule has 0 aromatic heterocycles. The van der Waals surface area contributed by atoms with Crippen LogP contribution in [0.4, 0.5) is 0 Å². The van der Waals surface area contributed by atoms with Crippen molar-refractivity contribution in [1.82, 2.24) is 4.90 Å². The zero-order valence-electron chi connectivity index (χ0n) is 9.63. The average Bonchev–Trinajstić information content (AvgIpc) is 2.02. The third-order valence-electron chi connectivity index (χ3n) is 2.36. The van der Waals surface area contributed by atoms with Crippen molar-refractivity contribution in [3.63, 3.8) is 0 Å². The fraction of sp³-hybridized carbons (Fsp3) is 0.909. The number of hydrogen-bond donors (Lipinski definition) is 0. The average molecular weight is 185 g/mol. The molecule has 0 spiro atoms. The van der Waals surface area contributed by atoms with Crippen LogP contribution in [-0.2, 0) is 4.79 Å². The second-order valence-electron chi connectivity index (χ2n) is 3.93. The maximum atomic E-state index is 11.4. The predicted molar refractivity (Wildman–Crippen MR) is 56.8 cm³/mol. The summed E-state index contributed by atoms with van der Waals surface area (Å²) in [5, 5.41) is 0. The van der Waals surface area contributed by atoms with Gasteiger partial charge in [0, 0.05) is 0 Å². The topological polar surface area (TPSA) is 20.3 Å². The summed E-state index contributed by atoms with van der Waals surface area (Å²) in [6, 6.07) is 0.116. The molecule has 2 heteroatoms. The van der Waals surface area contributed by atoms with Gasteiger partial charge >= 0.3 is 0 Å². The van der Waals surface area contributed by atoms with Crippen molar-refractivity contribution in [3.8, 4) is 0 Å². The minimum Gasteiger partial charge on any atom is -0.298 e. The molecule has 0 amide bonds. The molecule has 0 heterocycles. The molecular weight excluding hydrogens is 162 g/mol. The van der Waals surface area contributed by atoms with Crippen LogP contribution < -0.4 is 0 Å². The van der Waals surface area contributed by atoms with Crippen molar-refractivity contribution >= 4 is 5.78 Å². The largest absolute Gasteiger partial charge is 0.298 e. The highest BCUT2D eigenvalue weighted by molar-refractivity contribution is 5.81. The van der Waals surface area contributed by atoms with E-state index < -0.39 is 0 Å². The molecule has 0 aliphatic heterocycles. The number of hydrogen-bond acceptors (Lipinski definition) is 2. The Kier molecular flexibility index (Phi) is 5.97. The third kappa shape index (κ3) is 3.90. The fourth-order valence-corrected chi connectivity index (χ4v) is 1.93. The van der Waals surface area contributed by atoms with Gasteiger partial charge in [-0.05, 0) is 32.4 Å². The van der Waals surface area contributed by atoms with Gasteiger partial charge in [-0.2, -0.15) is 0 Å². The van der Waals surface area contributed by atoms with Crippen molar-refractivity contribution in [3.05, 3.63) is 0 Å². The zero-order chi connectivity index (χ0) is 10.4. The molecule has 0 saturated heterocycles. The predicted octanol–water partition coefficient (Wildman–Crippen LogP) is 2.33. The van der Waals surface area contributed by atoms with Crippen LogP contribution in [0.15, 0.2) is 0 Å². The van der Waals surface area contributed by atoms with E-state index in [0.717, 1.165) is 19.5 Å². The molecule has 0 aromatic carbocycles. The standard InChI is InChI=1S/C11H23NO/c1-6-8-12(7-2)11(9(3)4)10(5)13/h9,11H,6-8H2,1-5H3/t11-/m1/s1. The Morgan fingerprint density at radius 2 is 1.85 bits per heavy atom. The van der Waals surface area contributed by atoms with Crippen LogP contribution >= 0.6 is 0 Å². The zero-order valence-corrected chi connectivity index (χ0v) is 9.63. The lowest BCUT2D eigenvalue weighted by molar-refractivity contribution is -0.123. The quantitative estimate of drug-likeness (QED) is 0.633. The number of nitrogens with zero attached hydrogens (tertiary/aromatic N) is 1. The van der Waals surface area contributed by atoms with E-state index in [1.165, 1.54) is 0 Å². The Morgan fingerprint density at radius 3 is 2.08 bits per heavy atom. The van der Waals surface area contributed by atoms with Crippen molar-refractivity contribution in [2.45, 2.75) is 47.1 Å². The van der Waals surface area contributed by atoms with Crippen LogP contribution in [0.1, 0.15) is 41.0 Å². The Labute approximate surface area is 82.3 Å². The van der Waals surface area contributed by atoms with Crippen molar-refractivity contribution in [1.29, 1.82) is 0 Å². The molecule has 0 saturated carbocycles. The Hall–Kier alpha value is -0.370. The summed E-state index contributed by atoms with van der Waals surface area (Å²) < 4.78 is 0. The summed E-state index contributed by atoms with van der Waals surface area (Å²) in [6.45, 7) is 12.2. The minimum absolute atomic E-state index is 0.116. The summed E-state index contributed by atoms with van der Waals surface area (Å²) in [5.41, 5.74) is 0. The lowest BCUT2D eigenvalue weighted by Crippen LogP contribution is -2.44. The van der Waals surface area contributed by atoms with Crippen LogP contribution in [0.25, 0.3) is 0 Å². The van der Waals surface area contributed by atoms with Gasteiger partial charge in [0.05, 0.1) is 6.04 Å². The Balaban J connectivity index is 4.39. The number of likely N-dealkylation sites (N-methyl/N-ethyl adjacent to an activating group) is 1. The van der Waals surface area contributed by atoms with Gasteiger partial charge in [0.25, 0.3) is 0 Å². The molecule has 0 aliphatic carbocycles.